The molecule has 21 heavy (non-hydrogen) atoms. The summed E-state index contributed by atoms with van der Waals surface area (Å²) in [5, 5.41) is 5.27. The highest BCUT2D eigenvalue weighted by molar-refractivity contribution is 8.14. The number of hydrogen-bond donors (Lipinski definition) is 2. The second-order valence-corrected chi connectivity index (χ2v) is 5.07. The molecule has 110 valence electrons. The molecule has 0 fully saturated rings. The van der Waals surface area contributed by atoms with Crippen LogP contribution >= 0.6 is 11.8 Å². The van der Waals surface area contributed by atoms with Gasteiger partial charge in [-0.3, -0.25) is 14.4 Å². The number of carbonyl (C=O) groups excluding carboxylic acids is 3. The van der Waals surface area contributed by atoms with E-state index in [0.717, 1.165) is 11.8 Å². The van der Waals surface area contributed by atoms with Crippen LogP contribution in [0.5, 0.6) is 5.75 Å². The van der Waals surface area contributed by atoms with Crippen LogP contribution in [-0.2, 0) is 14.4 Å². The number of methoxy groups -OCH3 is 1. The molecular weight excluding hydrogens is 294 g/mol. The van der Waals surface area contributed by atoms with Crippen molar-refractivity contribution in [2.24, 2.45) is 4.99 Å². The van der Waals surface area contributed by atoms with Crippen molar-refractivity contribution in [1.29, 1.82) is 0 Å². The normalized spacial score (nSPS) is 14.2. The number of amides is 3. The molecule has 1 aliphatic rings. The highest BCUT2D eigenvalue weighted by Gasteiger charge is 2.19. The molecule has 0 spiro atoms. The van der Waals surface area contributed by atoms with Gasteiger partial charge in [0.15, 0.2) is 5.17 Å². The van der Waals surface area contributed by atoms with Crippen molar-refractivity contribution in [3.8, 4) is 5.75 Å². The second kappa shape index (κ2) is 6.89. The van der Waals surface area contributed by atoms with E-state index in [2.05, 4.69) is 15.6 Å². The monoisotopic (exact) mass is 307 g/mol. The third-order valence-corrected chi connectivity index (χ3v) is 3.35. The average Bonchev–Trinajstić information content (AvgIpc) is 2.44. The van der Waals surface area contributed by atoms with Crippen LogP contribution in [0.1, 0.15) is 6.42 Å². The van der Waals surface area contributed by atoms with Gasteiger partial charge in [-0.05, 0) is 12.1 Å². The summed E-state index contributed by atoms with van der Waals surface area (Å²) in [5.74, 6) is -0.526. The summed E-state index contributed by atoms with van der Waals surface area (Å²) < 4.78 is 5.05. The highest BCUT2D eigenvalue weighted by atomic mass is 32.2. The lowest BCUT2D eigenvalue weighted by molar-refractivity contribution is -0.127. The smallest absolute Gasteiger partial charge is 0.257 e. The molecule has 0 saturated carbocycles. The summed E-state index contributed by atoms with van der Waals surface area (Å²) in [5.41, 5.74) is 0.602. The number of benzene rings is 1. The minimum Gasteiger partial charge on any atom is -0.497 e. The first-order valence-corrected chi connectivity index (χ1v) is 7.03. The van der Waals surface area contributed by atoms with Crippen LogP contribution < -0.4 is 15.4 Å². The van der Waals surface area contributed by atoms with Gasteiger partial charge in [0.2, 0.25) is 11.8 Å². The Morgan fingerprint density at radius 2 is 2.29 bits per heavy atom. The fourth-order valence-corrected chi connectivity index (χ4v) is 2.27. The maximum absolute atomic E-state index is 11.8. The van der Waals surface area contributed by atoms with Crippen molar-refractivity contribution in [1.82, 2.24) is 5.32 Å². The summed E-state index contributed by atoms with van der Waals surface area (Å²) in [6, 6.07) is 6.94. The van der Waals surface area contributed by atoms with Crippen LogP contribution in [0, 0.1) is 0 Å². The third-order valence-electron chi connectivity index (χ3n) is 2.48. The largest absolute Gasteiger partial charge is 0.497 e. The first-order valence-electron chi connectivity index (χ1n) is 6.05. The third kappa shape index (κ3) is 4.60. The number of nitrogens with one attached hydrogen (secondary N) is 2. The molecule has 2 N–H and O–H groups in total. The number of carbonyl (C=O) groups is 3. The van der Waals surface area contributed by atoms with E-state index in [4.69, 9.17) is 4.74 Å². The van der Waals surface area contributed by atoms with E-state index in [1.807, 2.05) is 0 Å². The van der Waals surface area contributed by atoms with Gasteiger partial charge in [0.1, 0.15) is 12.2 Å². The second-order valence-electron chi connectivity index (χ2n) is 4.10. The maximum atomic E-state index is 11.8. The zero-order valence-electron chi connectivity index (χ0n) is 11.2. The van der Waals surface area contributed by atoms with Gasteiger partial charge in [0, 0.05) is 11.8 Å². The molecule has 0 atom stereocenters. The minimum atomic E-state index is -0.505. The van der Waals surface area contributed by atoms with Crippen LogP contribution in [0.4, 0.5) is 5.69 Å². The van der Waals surface area contributed by atoms with E-state index in [1.54, 1.807) is 24.3 Å². The molecule has 1 aromatic rings. The van der Waals surface area contributed by atoms with Crippen LogP contribution in [0.25, 0.3) is 0 Å². The van der Waals surface area contributed by atoms with Crippen molar-refractivity contribution in [2.75, 3.05) is 18.2 Å². The number of ether oxygens (including phenoxy) is 1. The van der Waals surface area contributed by atoms with E-state index >= 15 is 0 Å². The van der Waals surface area contributed by atoms with E-state index in [9.17, 15) is 14.4 Å². The van der Waals surface area contributed by atoms with Gasteiger partial charge in [-0.1, -0.05) is 17.8 Å². The van der Waals surface area contributed by atoms with E-state index in [1.165, 1.54) is 7.11 Å². The maximum Gasteiger partial charge on any atom is 0.257 e. The van der Waals surface area contributed by atoms with Crippen molar-refractivity contribution in [3.63, 3.8) is 0 Å². The predicted molar refractivity (Wildman–Crippen MR) is 79.3 cm³/mol. The molecule has 0 aromatic heterocycles. The Bertz CT molecular complexity index is 615. The van der Waals surface area contributed by atoms with Crippen LogP contribution in [-0.4, -0.2) is 35.8 Å². The zero-order valence-corrected chi connectivity index (χ0v) is 12.0. The summed E-state index contributed by atoms with van der Waals surface area (Å²) in [4.78, 5) is 37.7. The molecule has 2 rings (SSSR count). The van der Waals surface area contributed by atoms with Gasteiger partial charge >= 0.3 is 0 Å². The molecule has 0 saturated heterocycles. The number of aliphatic imine (C=N–C) groups is 1. The van der Waals surface area contributed by atoms with E-state index < -0.39 is 11.8 Å². The van der Waals surface area contributed by atoms with E-state index in [-0.39, 0.29) is 23.2 Å². The molecule has 0 bridgehead atoms. The minimum absolute atomic E-state index is 0.0314. The lowest BCUT2D eigenvalue weighted by Crippen LogP contribution is -2.35. The molecule has 1 heterocycles. The van der Waals surface area contributed by atoms with Crippen LogP contribution in [0.2, 0.25) is 0 Å². The fourth-order valence-electron chi connectivity index (χ4n) is 1.58. The van der Waals surface area contributed by atoms with E-state index in [0.29, 0.717) is 11.4 Å². The lowest BCUT2D eigenvalue weighted by atomic mass is 10.3. The SMILES string of the molecule is COc1cccc(NC(=O)CSC2=NC(=O)CC(=O)N2)c1. The molecule has 0 radical (unpaired) electrons. The van der Waals surface area contributed by atoms with Gasteiger partial charge in [0.25, 0.3) is 5.91 Å². The molecule has 8 heteroatoms. The van der Waals surface area contributed by atoms with Gasteiger partial charge in [-0.25, -0.2) is 0 Å². The Labute approximate surface area is 125 Å². The number of thioether (sulfide) groups is 1. The van der Waals surface area contributed by atoms with Crippen LogP contribution in [0.15, 0.2) is 29.3 Å². The predicted octanol–water partition coefficient (Wildman–Crippen LogP) is 0.769. The highest BCUT2D eigenvalue weighted by Crippen LogP contribution is 2.17. The van der Waals surface area contributed by atoms with Crippen molar-refractivity contribution in [3.05, 3.63) is 24.3 Å². The number of rotatable bonds is 4. The molecule has 1 aliphatic heterocycles. The number of hydrogen-bond acceptors (Lipinski definition) is 5. The molecule has 0 aliphatic carbocycles. The van der Waals surface area contributed by atoms with Crippen LogP contribution in [0.3, 0.4) is 0 Å². The zero-order chi connectivity index (χ0) is 15.2. The standard InChI is InChI=1S/C13H13N3O4S/c1-20-9-4-2-3-8(5-9)14-12(19)7-21-13-15-10(17)6-11(18)16-13/h2-5H,6-7H2,1H3,(H,14,19)(H,15,16,17,18). The van der Waals surface area contributed by atoms with Crippen molar-refractivity contribution >= 4 is 40.3 Å². The topological polar surface area (TPSA) is 96.9 Å². The fraction of sp³-hybridized carbons (Fsp3) is 0.231. The number of amidine groups is 1. The molecular formula is C13H13N3O4S. The Balaban J connectivity index is 1.87. The van der Waals surface area contributed by atoms with Crippen molar-refractivity contribution < 1.29 is 19.1 Å². The number of anilines is 1. The van der Waals surface area contributed by atoms with Crippen molar-refractivity contribution in [2.45, 2.75) is 6.42 Å². The van der Waals surface area contributed by atoms with Gasteiger partial charge in [0.05, 0.1) is 12.9 Å². The van der Waals surface area contributed by atoms with Gasteiger partial charge in [-0.15, -0.1) is 0 Å². The first-order chi connectivity index (χ1) is 10.1. The summed E-state index contributed by atoms with van der Waals surface area (Å²) in [7, 11) is 1.54. The lowest BCUT2D eigenvalue weighted by Gasteiger charge is -2.11. The summed E-state index contributed by atoms with van der Waals surface area (Å²) in [6.07, 6.45) is -0.250. The first kappa shape index (κ1) is 15.0. The Hall–Kier alpha value is -2.35. The average molecular weight is 307 g/mol. The molecule has 7 nitrogen and oxygen atoms in total. The summed E-state index contributed by atoms with van der Waals surface area (Å²) >= 11 is 0.996. The van der Waals surface area contributed by atoms with Gasteiger partial charge < -0.3 is 15.4 Å². The number of nitrogens with zero attached hydrogens (tertiary/aromatic N) is 1. The Morgan fingerprint density at radius 1 is 1.48 bits per heavy atom. The Kier molecular flexibility index (Phi) is 4.94. The molecule has 0 unspecified atom stereocenters. The molecule has 1 aromatic carbocycles. The quantitative estimate of drug-likeness (QED) is 0.801. The van der Waals surface area contributed by atoms with Gasteiger partial charge in [-0.2, -0.15) is 4.99 Å². The Morgan fingerprint density at radius 3 is 3.00 bits per heavy atom. The summed E-state index contributed by atoms with van der Waals surface area (Å²) in [6.45, 7) is 0. The molecule has 3 amide bonds.